The smallest absolute Gasteiger partial charge is 0.244 e. The minimum absolute atomic E-state index is 0.0154. The third kappa shape index (κ3) is 24.4. The Labute approximate surface area is 430 Å². The van der Waals surface area contributed by atoms with Crippen molar-refractivity contribution >= 4 is 92.5 Å². The monoisotopic (exact) mass is 1070 g/mol. The highest BCUT2D eigenvalue weighted by molar-refractivity contribution is 8.76. The number of primary amides is 3. The number of carbonyl (C=O) groups excluding carboxylic acids is 11. The van der Waals surface area contributed by atoms with Crippen molar-refractivity contribution in [2.45, 2.75) is 127 Å². The Bertz CT molecular complexity index is 2120. The number of hydrogen-bond acceptors (Lipinski definition) is 16. The summed E-state index contributed by atoms with van der Waals surface area (Å²) in [5.74, 6) is -10.7. The van der Waals surface area contributed by atoms with Crippen LogP contribution in [-0.2, 0) is 59.2 Å². The van der Waals surface area contributed by atoms with E-state index in [-0.39, 0.29) is 68.4 Å². The van der Waals surface area contributed by atoms with Gasteiger partial charge in [-0.2, -0.15) is 0 Å². The van der Waals surface area contributed by atoms with Gasteiger partial charge in [-0.25, -0.2) is 0 Å². The zero-order valence-electron chi connectivity index (χ0n) is 40.9. The summed E-state index contributed by atoms with van der Waals surface area (Å²) >= 11 is 0. The van der Waals surface area contributed by atoms with E-state index in [1.54, 1.807) is 26.0 Å². The molecule has 1 aromatic rings. The van der Waals surface area contributed by atoms with Gasteiger partial charge in [-0.15, -0.1) is 0 Å². The van der Waals surface area contributed by atoms with E-state index in [0.29, 0.717) is 24.8 Å². The Kier molecular flexibility index (Phi) is 28.1. The summed E-state index contributed by atoms with van der Waals surface area (Å²) in [4.78, 5) is 151. The van der Waals surface area contributed by atoms with E-state index < -0.39 is 139 Å². The lowest BCUT2D eigenvalue weighted by molar-refractivity contribution is -0.137. The largest absolute Gasteiger partial charge is 0.508 e. The van der Waals surface area contributed by atoms with Crippen LogP contribution in [0.3, 0.4) is 0 Å². The number of unbranched alkanes of at least 4 members (excludes halogenated alkanes) is 1. The van der Waals surface area contributed by atoms with E-state index in [0.717, 1.165) is 21.6 Å². The van der Waals surface area contributed by atoms with Gasteiger partial charge in [0.1, 0.15) is 48.0 Å². The Morgan fingerprint density at radius 1 is 0.740 bits per heavy atom. The van der Waals surface area contributed by atoms with E-state index in [9.17, 15) is 57.8 Å². The minimum Gasteiger partial charge on any atom is -0.508 e. The van der Waals surface area contributed by atoms with E-state index in [4.69, 9.17) is 34.4 Å². The van der Waals surface area contributed by atoms with Gasteiger partial charge in [0.15, 0.2) is 5.96 Å². The number of aromatic hydroxyl groups is 1. The van der Waals surface area contributed by atoms with Crippen molar-refractivity contribution in [2.24, 2.45) is 45.3 Å². The first-order valence-corrected chi connectivity index (χ1v) is 26.1. The highest BCUT2D eigenvalue weighted by atomic mass is 33.1. The first-order valence-electron chi connectivity index (χ1n) is 23.6. The van der Waals surface area contributed by atoms with Crippen LogP contribution in [-0.4, -0.2) is 149 Å². The molecule has 1 heterocycles. The molecule has 8 atom stereocenters. The number of benzene rings is 1. The van der Waals surface area contributed by atoms with Crippen LogP contribution in [0.15, 0.2) is 29.3 Å². The fourth-order valence-corrected chi connectivity index (χ4v) is 9.09. The molecule has 0 aliphatic carbocycles. The molecule has 0 radical (unpaired) electrons. The number of nitrogens with one attached hydrogen (secondary N) is 8. The normalized spacial score (nSPS) is 20.6. The quantitative estimate of drug-likeness (QED) is 0.0200. The molecule has 2 rings (SSSR count). The summed E-state index contributed by atoms with van der Waals surface area (Å²) in [5.41, 5.74) is 33.2. The zero-order valence-corrected chi connectivity index (χ0v) is 42.5. The van der Waals surface area contributed by atoms with Crippen molar-refractivity contribution in [3.05, 3.63) is 29.8 Å². The van der Waals surface area contributed by atoms with E-state index >= 15 is 0 Å². The fourth-order valence-electron chi connectivity index (χ4n) is 6.94. The van der Waals surface area contributed by atoms with Crippen LogP contribution < -0.4 is 76.9 Å². The van der Waals surface area contributed by atoms with Gasteiger partial charge in [-0.1, -0.05) is 54.0 Å². The topological polar surface area (TPSA) is 473 Å². The van der Waals surface area contributed by atoms with Crippen LogP contribution in [0, 0.1) is 5.92 Å². The van der Waals surface area contributed by atoms with Gasteiger partial charge in [0, 0.05) is 37.3 Å². The maximum Gasteiger partial charge on any atom is 0.244 e. The number of phenolic OH excluding ortho intramolecular Hbond substituents is 1. The molecule has 0 spiro atoms. The zero-order chi connectivity index (χ0) is 54.6. The van der Waals surface area contributed by atoms with Crippen LogP contribution in [0.4, 0.5) is 0 Å². The number of phenols is 1. The number of guanidine groups is 1. The number of nitrogens with two attached hydrogens (primary N) is 6. The maximum absolute atomic E-state index is 14.3. The number of aliphatic imine (C=N–C) groups is 1. The molecule has 73 heavy (non-hydrogen) atoms. The molecule has 0 saturated carbocycles. The highest BCUT2D eigenvalue weighted by Crippen LogP contribution is 2.24. The van der Waals surface area contributed by atoms with Crippen LogP contribution in [0.5, 0.6) is 5.75 Å². The summed E-state index contributed by atoms with van der Waals surface area (Å²) in [6, 6.07) is -4.20. The van der Waals surface area contributed by atoms with E-state index in [1.165, 1.54) is 12.1 Å². The number of hydrogen-bond donors (Lipinski definition) is 15. The summed E-state index contributed by atoms with van der Waals surface area (Å²) in [7, 11) is 2.13. The first-order chi connectivity index (χ1) is 34.5. The Hall–Kier alpha value is -6.88. The van der Waals surface area contributed by atoms with Gasteiger partial charge >= 0.3 is 0 Å². The second kappa shape index (κ2) is 33.0. The molecule has 1 aliphatic heterocycles. The van der Waals surface area contributed by atoms with Gasteiger partial charge < -0.3 is 82.0 Å². The third-order valence-corrected chi connectivity index (χ3v) is 13.5. The molecule has 27 nitrogen and oxygen atoms in total. The number of amides is 11. The molecule has 0 aromatic heterocycles. The van der Waals surface area contributed by atoms with Gasteiger partial charge in [0.25, 0.3) is 0 Å². The van der Waals surface area contributed by atoms with E-state index in [2.05, 4.69) is 47.5 Å². The Morgan fingerprint density at radius 2 is 1.37 bits per heavy atom. The Morgan fingerprint density at radius 3 is 1.99 bits per heavy atom. The maximum atomic E-state index is 14.3. The predicted molar refractivity (Wildman–Crippen MR) is 272 cm³/mol. The summed E-state index contributed by atoms with van der Waals surface area (Å²) in [5, 5.41) is 30.1. The minimum atomic E-state index is -1.78. The first kappa shape index (κ1) is 62.2. The molecular formula is C44H71N15O12S2. The Balaban J connectivity index is 2.62. The second-order valence-corrected chi connectivity index (χ2v) is 19.7. The van der Waals surface area contributed by atoms with Gasteiger partial charge in [0.2, 0.25) is 65.0 Å². The van der Waals surface area contributed by atoms with Crippen molar-refractivity contribution in [1.29, 1.82) is 0 Å². The molecule has 1 aliphatic rings. The van der Waals surface area contributed by atoms with Crippen LogP contribution in [0.2, 0.25) is 0 Å². The van der Waals surface area contributed by atoms with Crippen molar-refractivity contribution in [1.82, 2.24) is 42.5 Å². The number of nitrogens with zero attached hydrogens (tertiary/aromatic N) is 1. The molecule has 1 aromatic carbocycles. The number of rotatable bonds is 24. The highest BCUT2D eigenvalue weighted by Gasteiger charge is 2.36. The summed E-state index contributed by atoms with van der Waals surface area (Å²) in [6.45, 7) is 3.15. The summed E-state index contributed by atoms with van der Waals surface area (Å²) in [6.07, 6.45) is -0.686. The van der Waals surface area contributed by atoms with Gasteiger partial charge in [0.05, 0.1) is 13.0 Å². The molecule has 21 N–H and O–H groups in total. The molecule has 11 amide bonds. The molecule has 406 valence electrons. The van der Waals surface area contributed by atoms with Gasteiger partial charge in [-0.05, 0) is 68.7 Å². The predicted octanol–water partition coefficient (Wildman–Crippen LogP) is -4.92. The van der Waals surface area contributed by atoms with E-state index in [1.807, 2.05) is 0 Å². The lowest BCUT2D eigenvalue weighted by Gasteiger charge is -2.29. The average molecular weight is 1070 g/mol. The van der Waals surface area contributed by atoms with Gasteiger partial charge in [-0.3, -0.25) is 57.7 Å². The summed E-state index contributed by atoms with van der Waals surface area (Å²) < 4.78 is 0. The van der Waals surface area contributed by atoms with Crippen molar-refractivity contribution in [2.75, 3.05) is 31.1 Å². The fraction of sp³-hybridized carbons (Fsp3) is 0.591. The SMILES string of the molecule is CC[C@H](C)C1NC(=O)[C@H](Cc2ccc(O)cc2)NC(=O)CCSSC[C@@H](C(=O)N[C@@H](CCCCN)C(=O)N[C@@H](CCCN=C(N)N)C(=O)NCC(N)=O)NC(=O)[C@H](CC(N)=O)NC(=O)[C@H](CCC(N)=O)NC1=O. The average Bonchev–Trinajstić information content (AvgIpc) is 3.32. The van der Waals surface area contributed by atoms with Crippen molar-refractivity contribution in [3.63, 3.8) is 0 Å². The van der Waals surface area contributed by atoms with Crippen LogP contribution in [0.25, 0.3) is 0 Å². The van der Waals surface area contributed by atoms with Crippen molar-refractivity contribution in [3.8, 4) is 5.75 Å². The molecule has 0 bridgehead atoms. The molecule has 29 heteroatoms. The third-order valence-electron chi connectivity index (χ3n) is 11.1. The second-order valence-electron chi connectivity index (χ2n) is 17.1. The van der Waals surface area contributed by atoms with Crippen molar-refractivity contribution < 1.29 is 57.8 Å². The van der Waals surface area contributed by atoms with Crippen LogP contribution >= 0.6 is 21.6 Å². The lowest BCUT2D eigenvalue weighted by Crippen LogP contribution is -2.61. The lowest BCUT2D eigenvalue weighted by atomic mass is 9.96. The molecule has 1 saturated heterocycles. The molecule has 1 unspecified atom stereocenters. The standard InChI is InChI=1S/C44H71N15O12S2/c1-3-23(2)36-43(71)56-28(13-14-32(46)61)39(67)57-30(20-33(47)62)40(68)58-31(22-73-72-18-15-35(64)53-29(41(69)59-36)19-24-9-11-25(60)12-10-24)42(70)55-27(7-4-5-16-45)38(66)54-26(8-6-17-51-44(49)50)37(65)52-21-34(48)63/h9-12,23,26-31,36,60H,3-8,13-22,45H2,1-2H3,(H2,46,61)(H2,47,62)(H2,48,63)(H,52,65)(H,53,64)(H,54,66)(H,55,70)(H,56,71)(H,57,67)(H,58,68)(H,59,69)(H4,49,50,51)/t23-,26-,27-,28-,29-,30-,31-,36?/m0/s1. The molecule has 1 fully saturated rings. The number of carbonyl (C=O) groups is 11. The molecular weight excluding hydrogens is 995 g/mol. The van der Waals surface area contributed by atoms with Crippen LogP contribution in [0.1, 0.15) is 83.6 Å².